The molecule has 2 saturated carbocycles. The van der Waals surface area contributed by atoms with Gasteiger partial charge in [0.25, 0.3) is 0 Å². The largest absolute Gasteiger partial charge is 0.490 e. The van der Waals surface area contributed by atoms with E-state index in [1.807, 2.05) is 6.20 Å². The summed E-state index contributed by atoms with van der Waals surface area (Å²) in [5.74, 6) is 2.39. The van der Waals surface area contributed by atoms with Gasteiger partial charge < -0.3 is 4.74 Å². The molecule has 2 fully saturated rings. The van der Waals surface area contributed by atoms with Crippen LogP contribution in [0.4, 0.5) is 0 Å². The molecule has 0 bridgehead atoms. The van der Waals surface area contributed by atoms with Crippen molar-refractivity contribution >= 4 is 11.9 Å². The fraction of sp³-hybridized carbons (Fsp3) is 0.562. The minimum atomic E-state index is 0. The first-order valence-corrected chi connectivity index (χ1v) is 14.2. The van der Waals surface area contributed by atoms with E-state index in [4.69, 9.17) is 9.72 Å². The van der Waals surface area contributed by atoms with Crippen molar-refractivity contribution in [1.82, 2.24) is 4.98 Å². The molecule has 0 spiro atoms. The maximum absolute atomic E-state index is 13.0. The molecule has 35 heavy (non-hydrogen) atoms. The Kier molecular flexibility index (Phi) is 8.33. The minimum Gasteiger partial charge on any atom is -0.490 e. The molecule has 2 atom stereocenters. The summed E-state index contributed by atoms with van der Waals surface area (Å²) in [5.41, 5.74) is 5.28. The highest BCUT2D eigenvalue weighted by molar-refractivity contribution is 5.79. The Hall–Kier alpha value is -2.42. The molecule has 3 aliphatic rings. The number of carbonyl (C=O) groups is 1. The van der Waals surface area contributed by atoms with Crippen LogP contribution in [0.1, 0.15) is 116 Å². The molecule has 0 aliphatic heterocycles. The summed E-state index contributed by atoms with van der Waals surface area (Å²) < 4.78 is 6.43. The normalized spacial score (nSPS) is 22.9. The Morgan fingerprint density at radius 1 is 1.00 bits per heavy atom. The van der Waals surface area contributed by atoms with Crippen LogP contribution < -0.4 is 4.74 Å². The Morgan fingerprint density at radius 3 is 2.74 bits per heavy atom. The third-order valence-electron chi connectivity index (χ3n) is 8.40. The van der Waals surface area contributed by atoms with E-state index in [-0.39, 0.29) is 4.28 Å². The summed E-state index contributed by atoms with van der Waals surface area (Å²) in [6, 6.07) is 10.6. The predicted octanol–water partition coefficient (Wildman–Crippen LogP) is 8.75. The number of ketones is 1. The molecular formula is C32H47NO2. The van der Waals surface area contributed by atoms with E-state index in [1.54, 1.807) is 0 Å². The van der Waals surface area contributed by atoms with Crippen molar-refractivity contribution in [3.8, 4) is 5.75 Å². The zero-order valence-electron chi connectivity index (χ0n) is 21.2. The van der Waals surface area contributed by atoms with Crippen molar-refractivity contribution in [1.29, 1.82) is 0 Å². The number of carbonyl (C=O) groups excluding carboxylic acids is 1. The number of aromatic nitrogens is 1. The smallest absolute Gasteiger partial charge is 0.133 e. The number of pyridine rings is 1. The fourth-order valence-electron chi connectivity index (χ4n) is 6.49. The van der Waals surface area contributed by atoms with Crippen LogP contribution in [0.2, 0.25) is 0 Å². The summed E-state index contributed by atoms with van der Waals surface area (Å²) in [6.07, 6.45) is 23.5. The molecule has 1 aromatic carbocycles. The van der Waals surface area contributed by atoms with Crippen LogP contribution in [0.5, 0.6) is 5.75 Å². The van der Waals surface area contributed by atoms with E-state index >= 15 is 0 Å². The number of rotatable bonds is 8. The molecule has 3 aliphatic carbocycles. The maximum Gasteiger partial charge on any atom is 0.133 e. The maximum atomic E-state index is 13.0. The van der Waals surface area contributed by atoms with E-state index in [2.05, 4.69) is 42.5 Å². The number of para-hydroxylation sites is 1. The second-order valence-corrected chi connectivity index (χ2v) is 11.0. The average molecular weight is 478 g/mol. The molecule has 3 nitrogen and oxygen atoms in total. The van der Waals surface area contributed by atoms with Crippen LogP contribution in [0, 0.1) is 5.92 Å². The van der Waals surface area contributed by atoms with Gasteiger partial charge in [-0.05, 0) is 98.9 Å². The summed E-state index contributed by atoms with van der Waals surface area (Å²) in [4.78, 5) is 17.9. The molecule has 0 amide bonds. The lowest BCUT2D eigenvalue weighted by atomic mass is 9.75. The summed E-state index contributed by atoms with van der Waals surface area (Å²) in [5, 5.41) is 0. The van der Waals surface area contributed by atoms with Gasteiger partial charge in [0.2, 0.25) is 0 Å². The molecule has 1 aromatic heterocycles. The van der Waals surface area contributed by atoms with Crippen LogP contribution in [0.3, 0.4) is 0 Å². The van der Waals surface area contributed by atoms with Gasteiger partial charge in [0, 0.05) is 29.2 Å². The van der Waals surface area contributed by atoms with Crippen molar-refractivity contribution in [2.24, 2.45) is 5.92 Å². The van der Waals surface area contributed by atoms with E-state index in [0.717, 1.165) is 44.3 Å². The number of allylic oxidation sites excluding steroid dienone is 1. The third kappa shape index (κ3) is 6.42. The summed E-state index contributed by atoms with van der Waals surface area (Å²) >= 11 is 0. The van der Waals surface area contributed by atoms with E-state index in [1.165, 1.54) is 67.3 Å². The first kappa shape index (κ1) is 24.3. The number of hydrogen-bond acceptors (Lipinski definition) is 3. The molecule has 2 aromatic rings. The fourth-order valence-corrected chi connectivity index (χ4v) is 6.49. The highest BCUT2D eigenvalue weighted by Crippen LogP contribution is 2.40. The monoisotopic (exact) mass is 477 g/mol. The second kappa shape index (κ2) is 12.0. The van der Waals surface area contributed by atoms with Crippen LogP contribution >= 0.6 is 0 Å². The standard InChI is InChI=1S/C32H41NO2.3H2/c34-28(19-18-26-12-6-8-17-31(26)35-29-14-3-1-2-4-15-29)23-24-10-9-13-27(22-24)32-30-16-7-5-11-25(30)20-21-33-32;;;/h6-8,12,16-17,20-21,24,27,29H,1-5,9-11,13-15,18-19,22-23H2;3*1H/t24-,27?;;;/m1.../s1. The molecule has 1 unspecified atom stereocenters. The number of hydrogen-bond donors (Lipinski definition) is 0. The summed E-state index contributed by atoms with van der Waals surface area (Å²) in [6.45, 7) is 0. The van der Waals surface area contributed by atoms with Crippen LogP contribution in [0.25, 0.3) is 6.08 Å². The van der Waals surface area contributed by atoms with Crippen LogP contribution in [-0.4, -0.2) is 16.9 Å². The van der Waals surface area contributed by atoms with Gasteiger partial charge >= 0.3 is 0 Å². The van der Waals surface area contributed by atoms with Crippen LogP contribution in [0.15, 0.2) is 42.6 Å². The van der Waals surface area contributed by atoms with Crippen molar-refractivity contribution in [2.45, 2.75) is 108 Å². The molecule has 0 radical (unpaired) electrons. The van der Waals surface area contributed by atoms with Gasteiger partial charge in [-0.25, -0.2) is 0 Å². The molecule has 5 rings (SSSR count). The molecule has 3 heteroatoms. The SMILES string of the molecule is O=C(CCc1ccccc1OC1CCCCCC1)C[C@@H]1CCCC(c2nccc3c2C=CCC3)C1.[HH].[HH].[HH]. The quantitative estimate of drug-likeness (QED) is 0.357. The number of nitrogens with zero attached hydrogens (tertiary/aromatic N) is 1. The van der Waals surface area contributed by atoms with Crippen LogP contribution in [-0.2, 0) is 17.6 Å². The van der Waals surface area contributed by atoms with Crippen molar-refractivity contribution in [2.75, 3.05) is 0 Å². The lowest BCUT2D eigenvalue weighted by molar-refractivity contribution is -0.120. The number of fused-ring (bicyclic) bond motifs is 1. The molecule has 1 heterocycles. The topological polar surface area (TPSA) is 39.2 Å². The molecule has 192 valence electrons. The Balaban J connectivity index is 0.00000169. The van der Waals surface area contributed by atoms with Crippen molar-refractivity contribution < 1.29 is 13.8 Å². The molecular weight excluding hydrogens is 430 g/mol. The summed E-state index contributed by atoms with van der Waals surface area (Å²) in [7, 11) is 0. The number of ether oxygens (including phenoxy) is 1. The Morgan fingerprint density at radius 2 is 1.86 bits per heavy atom. The number of aryl methyl sites for hydroxylation is 2. The van der Waals surface area contributed by atoms with Gasteiger partial charge in [-0.2, -0.15) is 0 Å². The van der Waals surface area contributed by atoms with Crippen molar-refractivity contribution in [3.05, 3.63) is 65.0 Å². The minimum absolute atomic E-state index is 0. The van der Waals surface area contributed by atoms with Gasteiger partial charge in [-0.3, -0.25) is 9.78 Å². The second-order valence-electron chi connectivity index (χ2n) is 11.0. The van der Waals surface area contributed by atoms with Gasteiger partial charge in [-0.1, -0.05) is 49.6 Å². The predicted molar refractivity (Wildman–Crippen MR) is 149 cm³/mol. The lowest BCUT2D eigenvalue weighted by Crippen LogP contribution is -2.20. The zero-order valence-corrected chi connectivity index (χ0v) is 21.2. The van der Waals surface area contributed by atoms with E-state index < -0.39 is 0 Å². The van der Waals surface area contributed by atoms with Gasteiger partial charge in [0.1, 0.15) is 11.5 Å². The average Bonchev–Trinajstić information content (AvgIpc) is 3.17. The zero-order chi connectivity index (χ0) is 23.9. The first-order chi connectivity index (χ1) is 17.3. The van der Waals surface area contributed by atoms with Gasteiger partial charge in [-0.15, -0.1) is 0 Å². The Bertz CT molecular complexity index is 1030. The Labute approximate surface area is 215 Å². The first-order valence-electron chi connectivity index (χ1n) is 14.2. The van der Waals surface area contributed by atoms with Gasteiger partial charge in [0.05, 0.1) is 11.8 Å². The number of benzene rings is 1. The highest BCUT2D eigenvalue weighted by Gasteiger charge is 2.28. The molecule has 0 saturated heterocycles. The van der Waals surface area contributed by atoms with Crippen molar-refractivity contribution in [3.63, 3.8) is 0 Å². The number of Topliss-reactive ketones (excluding diaryl/α,β-unsaturated/α-hetero) is 1. The van der Waals surface area contributed by atoms with E-state index in [9.17, 15) is 4.79 Å². The lowest BCUT2D eigenvalue weighted by Gasteiger charge is -2.30. The molecule has 0 N–H and O–H groups in total. The van der Waals surface area contributed by atoms with E-state index in [0.29, 0.717) is 36.6 Å². The third-order valence-corrected chi connectivity index (χ3v) is 8.40. The van der Waals surface area contributed by atoms with Gasteiger partial charge in [0.15, 0.2) is 0 Å². The highest BCUT2D eigenvalue weighted by atomic mass is 16.5.